The lowest BCUT2D eigenvalue weighted by atomic mass is 9.84. The number of benzene rings is 1. The van der Waals surface area contributed by atoms with E-state index in [-0.39, 0.29) is 11.9 Å². The van der Waals surface area contributed by atoms with E-state index in [1.807, 2.05) is 35.7 Å². The van der Waals surface area contributed by atoms with Gasteiger partial charge in [0.15, 0.2) is 0 Å². The molecule has 7 heteroatoms. The monoisotopic (exact) mass is 383 g/mol. The number of hydrogen-bond acceptors (Lipinski definition) is 6. The van der Waals surface area contributed by atoms with Crippen LogP contribution in [0, 0.1) is 0 Å². The van der Waals surface area contributed by atoms with Crippen LogP contribution >= 0.6 is 11.3 Å². The van der Waals surface area contributed by atoms with E-state index >= 15 is 0 Å². The van der Waals surface area contributed by atoms with Crippen molar-refractivity contribution in [3.8, 4) is 16.5 Å². The van der Waals surface area contributed by atoms with E-state index in [0.29, 0.717) is 23.1 Å². The van der Waals surface area contributed by atoms with Gasteiger partial charge < -0.3 is 9.15 Å². The second-order valence-corrected chi connectivity index (χ2v) is 7.59. The van der Waals surface area contributed by atoms with Gasteiger partial charge in [-0.05, 0) is 47.9 Å². The number of methoxy groups -OCH3 is 1. The number of anilines is 1. The zero-order valence-corrected chi connectivity index (χ0v) is 15.9. The van der Waals surface area contributed by atoms with E-state index in [1.54, 1.807) is 7.11 Å². The zero-order valence-electron chi connectivity index (χ0n) is 15.1. The number of rotatable bonds is 5. The van der Waals surface area contributed by atoms with Gasteiger partial charge in [0.25, 0.3) is 11.8 Å². The number of aromatic nitrogens is 2. The minimum Gasteiger partial charge on any atom is -0.496 e. The van der Waals surface area contributed by atoms with Gasteiger partial charge in [-0.2, -0.15) is 0 Å². The molecule has 0 radical (unpaired) electrons. The van der Waals surface area contributed by atoms with Crippen LogP contribution in [0.5, 0.6) is 5.75 Å². The van der Waals surface area contributed by atoms with Gasteiger partial charge in [-0.3, -0.25) is 10.1 Å². The fourth-order valence-electron chi connectivity index (χ4n) is 3.52. The summed E-state index contributed by atoms with van der Waals surface area (Å²) in [7, 11) is 1.58. The highest BCUT2D eigenvalue weighted by atomic mass is 32.1. The largest absolute Gasteiger partial charge is 0.496 e. The van der Waals surface area contributed by atoms with E-state index in [1.165, 1.54) is 49.0 Å². The summed E-state index contributed by atoms with van der Waals surface area (Å²) in [4.78, 5) is 13.5. The molecule has 140 valence electrons. The molecule has 1 aliphatic rings. The average Bonchev–Trinajstić information content (AvgIpc) is 3.40. The summed E-state index contributed by atoms with van der Waals surface area (Å²) in [6, 6.07) is 9.68. The predicted octanol–water partition coefficient (Wildman–Crippen LogP) is 5.11. The van der Waals surface area contributed by atoms with E-state index in [9.17, 15) is 4.79 Å². The highest BCUT2D eigenvalue weighted by molar-refractivity contribution is 7.13. The van der Waals surface area contributed by atoms with Crippen LogP contribution < -0.4 is 10.1 Å². The molecule has 1 aromatic carbocycles. The molecule has 1 amide bonds. The first-order valence-corrected chi connectivity index (χ1v) is 9.99. The van der Waals surface area contributed by atoms with Crippen molar-refractivity contribution in [3.63, 3.8) is 0 Å². The molecule has 0 bridgehead atoms. The van der Waals surface area contributed by atoms with Gasteiger partial charge in [0, 0.05) is 0 Å². The fraction of sp³-hybridized carbons (Fsp3) is 0.350. The molecule has 1 saturated carbocycles. The third-order valence-electron chi connectivity index (χ3n) is 4.92. The van der Waals surface area contributed by atoms with Crippen molar-refractivity contribution in [2.75, 3.05) is 12.4 Å². The molecule has 1 fully saturated rings. The molecule has 2 aromatic heterocycles. The van der Waals surface area contributed by atoms with Crippen molar-refractivity contribution < 1.29 is 13.9 Å². The van der Waals surface area contributed by atoms with Crippen LogP contribution in [0.3, 0.4) is 0 Å². The fourth-order valence-corrected chi connectivity index (χ4v) is 4.17. The van der Waals surface area contributed by atoms with Gasteiger partial charge in [0.2, 0.25) is 0 Å². The Morgan fingerprint density at radius 3 is 2.81 bits per heavy atom. The number of ether oxygens (including phenoxy) is 1. The molecule has 0 spiro atoms. The quantitative estimate of drug-likeness (QED) is 0.663. The topological polar surface area (TPSA) is 77.2 Å². The minimum atomic E-state index is -0.330. The summed E-state index contributed by atoms with van der Waals surface area (Å²) in [6.45, 7) is 0. The second-order valence-electron chi connectivity index (χ2n) is 6.64. The molecule has 6 nitrogen and oxygen atoms in total. The molecule has 3 aromatic rings. The summed E-state index contributed by atoms with van der Waals surface area (Å²) < 4.78 is 11.0. The summed E-state index contributed by atoms with van der Waals surface area (Å²) in [5, 5.41) is 12.5. The molecule has 0 atom stereocenters. The van der Waals surface area contributed by atoms with Crippen LogP contribution in [0.4, 0.5) is 6.01 Å². The van der Waals surface area contributed by atoms with Gasteiger partial charge in [-0.15, -0.1) is 16.4 Å². The third-order valence-corrected chi connectivity index (χ3v) is 5.78. The van der Waals surface area contributed by atoms with Crippen LogP contribution in [0.15, 0.2) is 40.1 Å². The first kappa shape index (κ1) is 17.7. The van der Waals surface area contributed by atoms with Crippen molar-refractivity contribution >= 4 is 23.3 Å². The Kier molecular flexibility index (Phi) is 5.20. The van der Waals surface area contributed by atoms with Gasteiger partial charge in [-0.1, -0.05) is 36.5 Å². The number of hydrogen-bond donors (Lipinski definition) is 1. The molecule has 2 heterocycles. The van der Waals surface area contributed by atoms with E-state index in [4.69, 9.17) is 9.15 Å². The predicted molar refractivity (Wildman–Crippen MR) is 104 cm³/mol. The van der Waals surface area contributed by atoms with Gasteiger partial charge >= 0.3 is 6.01 Å². The molecular weight excluding hydrogens is 362 g/mol. The van der Waals surface area contributed by atoms with Crippen LogP contribution in [-0.2, 0) is 0 Å². The van der Waals surface area contributed by atoms with E-state index in [2.05, 4.69) is 15.5 Å². The lowest BCUT2D eigenvalue weighted by Gasteiger charge is -2.22. The van der Waals surface area contributed by atoms with E-state index < -0.39 is 0 Å². The van der Waals surface area contributed by atoms with Crippen molar-refractivity contribution in [2.45, 2.75) is 38.0 Å². The van der Waals surface area contributed by atoms with Gasteiger partial charge in [0.05, 0.1) is 17.6 Å². The van der Waals surface area contributed by atoms with Crippen LogP contribution in [0.1, 0.15) is 53.9 Å². The maximum absolute atomic E-state index is 12.7. The Bertz CT molecular complexity index is 914. The molecule has 1 N–H and O–H groups in total. The maximum atomic E-state index is 12.7. The van der Waals surface area contributed by atoms with Crippen molar-refractivity contribution in [1.29, 1.82) is 0 Å². The Hall–Kier alpha value is -2.67. The second kappa shape index (κ2) is 7.92. The number of thiophene rings is 1. The number of amides is 1. The highest BCUT2D eigenvalue weighted by Crippen LogP contribution is 2.35. The maximum Gasteiger partial charge on any atom is 0.322 e. The number of nitrogens with zero attached hydrogens (tertiary/aromatic N) is 2. The third kappa shape index (κ3) is 3.88. The molecule has 0 saturated heterocycles. The van der Waals surface area contributed by atoms with Crippen molar-refractivity contribution in [2.24, 2.45) is 0 Å². The van der Waals surface area contributed by atoms with Crippen LogP contribution in [-0.4, -0.2) is 23.2 Å². The SMILES string of the molecule is COc1cc(C2CCCCC2)ccc1C(=O)Nc1nnc(-c2cccs2)o1. The Balaban J connectivity index is 1.51. The van der Waals surface area contributed by atoms with Crippen LogP contribution in [0.2, 0.25) is 0 Å². The molecule has 27 heavy (non-hydrogen) atoms. The first-order chi connectivity index (χ1) is 13.2. The van der Waals surface area contributed by atoms with Crippen molar-refractivity contribution in [3.05, 3.63) is 46.8 Å². The molecule has 4 rings (SSSR count). The highest BCUT2D eigenvalue weighted by Gasteiger charge is 2.20. The summed E-state index contributed by atoms with van der Waals surface area (Å²) in [6.07, 6.45) is 6.23. The first-order valence-electron chi connectivity index (χ1n) is 9.11. The van der Waals surface area contributed by atoms with Gasteiger partial charge in [-0.25, -0.2) is 0 Å². The zero-order chi connectivity index (χ0) is 18.6. The molecule has 0 aliphatic heterocycles. The minimum absolute atomic E-state index is 0.0711. The standard InChI is InChI=1S/C20H21N3O3S/c1-25-16-12-14(13-6-3-2-4-7-13)9-10-15(16)18(24)21-20-23-22-19(26-20)17-8-5-11-27-17/h5,8-13H,2-4,6-7H2,1H3,(H,21,23,24). The van der Waals surface area contributed by atoms with Crippen LogP contribution in [0.25, 0.3) is 10.8 Å². The number of nitrogens with one attached hydrogen (secondary N) is 1. The smallest absolute Gasteiger partial charge is 0.322 e. The number of carbonyl (C=O) groups excluding carboxylic acids is 1. The van der Waals surface area contributed by atoms with Gasteiger partial charge in [0.1, 0.15) is 5.75 Å². The summed E-state index contributed by atoms with van der Waals surface area (Å²) in [5.74, 6) is 1.17. The lowest BCUT2D eigenvalue weighted by Crippen LogP contribution is -2.14. The summed E-state index contributed by atoms with van der Waals surface area (Å²) in [5.41, 5.74) is 1.69. The molecule has 0 unspecified atom stereocenters. The lowest BCUT2D eigenvalue weighted by molar-refractivity contribution is 0.102. The Morgan fingerprint density at radius 2 is 2.07 bits per heavy atom. The number of carbonyl (C=O) groups is 1. The Labute approximate surface area is 161 Å². The average molecular weight is 383 g/mol. The Morgan fingerprint density at radius 1 is 1.22 bits per heavy atom. The van der Waals surface area contributed by atoms with Crippen molar-refractivity contribution in [1.82, 2.24) is 10.2 Å². The normalized spacial score (nSPS) is 14.9. The summed E-state index contributed by atoms with van der Waals surface area (Å²) >= 11 is 1.50. The van der Waals surface area contributed by atoms with E-state index in [0.717, 1.165) is 4.88 Å². The molecular formula is C20H21N3O3S. The molecule has 1 aliphatic carbocycles.